The first-order chi connectivity index (χ1) is 17.2. The number of esters is 1. The van der Waals surface area contributed by atoms with Crippen molar-refractivity contribution in [1.82, 2.24) is 0 Å². The molecule has 0 N–H and O–H groups in total. The zero-order valence-corrected chi connectivity index (χ0v) is 22.0. The molecule has 0 radical (unpaired) electrons. The summed E-state index contributed by atoms with van der Waals surface area (Å²) in [6.45, 7) is 4.64. The summed E-state index contributed by atoms with van der Waals surface area (Å²) in [7, 11) is 0. The second-order valence-corrected chi connectivity index (χ2v) is 9.73. The van der Waals surface area contributed by atoms with Crippen molar-refractivity contribution in [2.24, 2.45) is 5.16 Å². The fraction of sp³-hybridized carbons (Fsp3) is 0.448. The minimum absolute atomic E-state index is 0.0250. The second-order valence-electron chi connectivity index (χ2n) is 8.81. The van der Waals surface area contributed by atoms with Gasteiger partial charge < -0.3 is 14.3 Å². The number of halogens is 1. The van der Waals surface area contributed by atoms with E-state index >= 15 is 0 Å². The molecular weight excluding hydrogens is 506 g/mol. The van der Waals surface area contributed by atoms with Gasteiger partial charge in [-0.3, -0.25) is 0 Å². The third-order valence-electron chi connectivity index (χ3n) is 6.07. The molecule has 1 heterocycles. The molecule has 3 rings (SSSR count). The smallest absolute Gasteiger partial charge is 0.330 e. The van der Waals surface area contributed by atoms with Crippen LogP contribution in [0.25, 0.3) is 0 Å². The second kappa shape index (κ2) is 15.4. The lowest BCUT2D eigenvalue weighted by molar-refractivity contribution is -0.137. The standard InChI is InChI=1S/C29H36BrNO4/c1-2-29(32)34-21-11-9-7-5-3-4-6-8-10-20-33-26-18-14-23(15-19-26)27-22-28(35-31-27)24-12-16-25(30)17-13-24/h2,12-19,28H,1,3-11,20-22H2. The molecule has 1 aliphatic heterocycles. The molecule has 0 spiro atoms. The van der Waals surface area contributed by atoms with Gasteiger partial charge in [-0.2, -0.15) is 0 Å². The number of carbonyl (C=O) groups excluding carboxylic acids is 1. The summed E-state index contributed by atoms with van der Waals surface area (Å²) in [5.41, 5.74) is 3.19. The van der Waals surface area contributed by atoms with Crippen LogP contribution in [0.2, 0.25) is 0 Å². The molecule has 0 saturated carbocycles. The van der Waals surface area contributed by atoms with Crippen LogP contribution in [-0.4, -0.2) is 24.9 Å². The molecule has 0 aliphatic carbocycles. The summed E-state index contributed by atoms with van der Waals surface area (Å²) in [5, 5.41) is 4.30. The van der Waals surface area contributed by atoms with Gasteiger partial charge in [-0.25, -0.2) is 4.79 Å². The molecule has 0 fully saturated rings. The van der Waals surface area contributed by atoms with E-state index in [4.69, 9.17) is 14.3 Å². The van der Waals surface area contributed by atoms with E-state index < -0.39 is 0 Å². The summed E-state index contributed by atoms with van der Waals surface area (Å²) in [5.74, 6) is 0.572. The lowest BCUT2D eigenvalue weighted by Gasteiger charge is -2.09. The maximum absolute atomic E-state index is 10.9. The van der Waals surface area contributed by atoms with Crippen LogP contribution in [0, 0.1) is 0 Å². The molecule has 1 unspecified atom stereocenters. The van der Waals surface area contributed by atoms with Crippen LogP contribution in [0.3, 0.4) is 0 Å². The van der Waals surface area contributed by atoms with Crippen molar-refractivity contribution in [3.05, 3.63) is 76.8 Å². The Balaban J connectivity index is 1.20. The topological polar surface area (TPSA) is 57.1 Å². The monoisotopic (exact) mass is 541 g/mol. The molecule has 35 heavy (non-hydrogen) atoms. The third-order valence-corrected chi connectivity index (χ3v) is 6.60. The zero-order valence-electron chi connectivity index (χ0n) is 20.4. The number of carbonyl (C=O) groups is 1. The Morgan fingerprint density at radius 3 is 2.14 bits per heavy atom. The van der Waals surface area contributed by atoms with E-state index in [0.29, 0.717) is 6.61 Å². The molecule has 0 bridgehead atoms. The van der Waals surface area contributed by atoms with Gasteiger partial charge >= 0.3 is 5.97 Å². The number of hydrogen-bond acceptors (Lipinski definition) is 5. The Kier molecular flexibility index (Phi) is 11.9. The van der Waals surface area contributed by atoms with Gasteiger partial charge in [0.1, 0.15) is 5.75 Å². The van der Waals surface area contributed by atoms with Gasteiger partial charge in [0.15, 0.2) is 6.10 Å². The highest BCUT2D eigenvalue weighted by atomic mass is 79.9. The largest absolute Gasteiger partial charge is 0.494 e. The first-order valence-corrected chi connectivity index (χ1v) is 13.5. The van der Waals surface area contributed by atoms with E-state index in [1.165, 1.54) is 44.6 Å². The average Bonchev–Trinajstić information content (AvgIpc) is 3.37. The number of oxime groups is 1. The fourth-order valence-corrected chi connectivity index (χ4v) is 4.28. The number of ether oxygens (including phenoxy) is 2. The molecule has 0 saturated heterocycles. The first kappa shape index (κ1) is 27.0. The Morgan fingerprint density at radius 2 is 1.51 bits per heavy atom. The maximum Gasteiger partial charge on any atom is 0.330 e. The van der Waals surface area contributed by atoms with Gasteiger partial charge in [0.2, 0.25) is 0 Å². The normalized spacial score (nSPS) is 14.8. The van der Waals surface area contributed by atoms with Crippen molar-refractivity contribution in [3.8, 4) is 5.75 Å². The Bertz CT molecular complexity index is 940. The zero-order chi connectivity index (χ0) is 24.7. The molecule has 6 heteroatoms. The van der Waals surface area contributed by atoms with Crippen LogP contribution >= 0.6 is 15.9 Å². The van der Waals surface area contributed by atoms with Crippen molar-refractivity contribution < 1.29 is 19.1 Å². The summed E-state index contributed by atoms with van der Waals surface area (Å²) in [6.07, 6.45) is 12.5. The van der Waals surface area contributed by atoms with Crippen molar-refractivity contribution >= 4 is 27.6 Å². The number of unbranched alkanes of at least 4 members (excludes halogenated alkanes) is 8. The number of benzene rings is 2. The predicted molar refractivity (Wildman–Crippen MR) is 144 cm³/mol. The lowest BCUT2D eigenvalue weighted by atomic mass is 10.0. The maximum atomic E-state index is 10.9. The Labute approximate surface area is 217 Å². The lowest BCUT2D eigenvalue weighted by Crippen LogP contribution is -2.02. The molecule has 1 aliphatic rings. The van der Waals surface area contributed by atoms with Gasteiger partial charge in [-0.15, -0.1) is 0 Å². The van der Waals surface area contributed by atoms with Crippen LogP contribution in [0.15, 0.2) is 70.8 Å². The van der Waals surface area contributed by atoms with Crippen molar-refractivity contribution in [3.63, 3.8) is 0 Å². The highest BCUT2D eigenvalue weighted by molar-refractivity contribution is 9.10. The minimum Gasteiger partial charge on any atom is -0.494 e. The van der Waals surface area contributed by atoms with E-state index in [-0.39, 0.29) is 12.1 Å². The molecular formula is C29H36BrNO4. The number of nitrogens with zero attached hydrogens (tertiary/aromatic N) is 1. The molecule has 2 aromatic carbocycles. The summed E-state index contributed by atoms with van der Waals surface area (Å²) in [6, 6.07) is 16.3. The first-order valence-electron chi connectivity index (χ1n) is 12.7. The number of hydrogen-bond donors (Lipinski definition) is 0. The van der Waals surface area contributed by atoms with Gasteiger partial charge in [-0.05, 0) is 60.4 Å². The van der Waals surface area contributed by atoms with E-state index in [2.05, 4.69) is 51.9 Å². The number of rotatable bonds is 16. The van der Waals surface area contributed by atoms with Gasteiger partial charge in [0, 0.05) is 17.0 Å². The van der Waals surface area contributed by atoms with Crippen LogP contribution in [0.1, 0.15) is 81.4 Å². The highest BCUT2D eigenvalue weighted by Crippen LogP contribution is 2.30. The molecule has 0 amide bonds. The average molecular weight is 543 g/mol. The van der Waals surface area contributed by atoms with Gasteiger partial charge in [0.25, 0.3) is 0 Å². The molecule has 5 nitrogen and oxygen atoms in total. The van der Waals surface area contributed by atoms with Crippen LogP contribution in [0.5, 0.6) is 5.75 Å². The summed E-state index contributed by atoms with van der Waals surface area (Å²) in [4.78, 5) is 16.6. The molecule has 2 aromatic rings. The predicted octanol–water partition coefficient (Wildman–Crippen LogP) is 7.93. The van der Waals surface area contributed by atoms with E-state index in [0.717, 1.165) is 59.4 Å². The fourth-order valence-electron chi connectivity index (χ4n) is 4.01. The van der Waals surface area contributed by atoms with Gasteiger partial charge in [-0.1, -0.05) is 84.7 Å². The minimum atomic E-state index is -0.328. The SMILES string of the molecule is C=CC(=O)OCCCCCCCCCCCOc1ccc(C2=NOC(c3ccc(Br)cc3)C2)cc1. The summed E-state index contributed by atoms with van der Waals surface area (Å²) < 4.78 is 12.0. The molecule has 1 atom stereocenters. The van der Waals surface area contributed by atoms with Crippen LogP contribution in [-0.2, 0) is 14.4 Å². The van der Waals surface area contributed by atoms with E-state index in [9.17, 15) is 4.79 Å². The third kappa shape index (κ3) is 9.88. The van der Waals surface area contributed by atoms with Gasteiger partial charge in [0.05, 0.1) is 18.9 Å². The van der Waals surface area contributed by atoms with E-state index in [1.54, 1.807) is 0 Å². The highest BCUT2D eigenvalue weighted by Gasteiger charge is 2.23. The van der Waals surface area contributed by atoms with Crippen molar-refractivity contribution in [2.45, 2.75) is 70.3 Å². The Morgan fingerprint density at radius 1 is 0.914 bits per heavy atom. The summed E-state index contributed by atoms with van der Waals surface area (Å²) >= 11 is 3.47. The van der Waals surface area contributed by atoms with Crippen LogP contribution in [0.4, 0.5) is 0 Å². The quantitative estimate of drug-likeness (QED) is 0.123. The molecule has 0 aromatic heterocycles. The molecule has 188 valence electrons. The Hall–Kier alpha value is -2.60. The van der Waals surface area contributed by atoms with Crippen molar-refractivity contribution in [2.75, 3.05) is 13.2 Å². The van der Waals surface area contributed by atoms with Crippen LogP contribution < -0.4 is 4.74 Å². The van der Waals surface area contributed by atoms with E-state index in [1.807, 2.05) is 24.3 Å². The van der Waals surface area contributed by atoms with Crippen molar-refractivity contribution in [1.29, 1.82) is 0 Å².